The monoisotopic (exact) mass is 299 g/mol. The minimum absolute atomic E-state index is 0.0535. The van der Waals surface area contributed by atoms with Gasteiger partial charge in [0.05, 0.1) is 25.2 Å². The molecule has 1 aromatic rings. The summed E-state index contributed by atoms with van der Waals surface area (Å²) in [7, 11) is -3.45. The van der Waals surface area contributed by atoms with Crippen molar-refractivity contribution in [1.29, 1.82) is 0 Å². The van der Waals surface area contributed by atoms with E-state index >= 15 is 0 Å². The van der Waals surface area contributed by atoms with Crippen LogP contribution in [0.4, 0.5) is 5.95 Å². The largest absolute Gasteiger partial charge is 0.381 e. The van der Waals surface area contributed by atoms with E-state index in [1.807, 2.05) is 0 Å². The first-order chi connectivity index (χ1) is 9.51. The summed E-state index contributed by atoms with van der Waals surface area (Å²) in [6.45, 7) is 3.54. The molecule has 2 aliphatic rings. The van der Waals surface area contributed by atoms with Crippen LogP contribution in [-0.2, 0) is 25.6 Å². The van der Waals surface area contributed by atoms with Crippen molar-refractivity contribution in [3.63, 3.8) is 0 Å². The molecule has 7 nitrogen and oxygen atoms in total. The van der Waals surface area contributed by atoms with Crippen LogP contribution in [0.1, 0.15) is 5.69 Å². The first-order valence-corrected chi connectivity index (χ1v) is 8.32. The second-order valence-electron chi connectivity index (χ2n) is 5.28. The van der Waals surface area contributed by atoms with E-state index in [0.717, 1.165) is 32.6 Å². The summed E-state index contributed by atoms with van der Waals surface area (Å²) in [5, 5.41) is 0. The summed E-state index contributed by atoms with van der Waals surface area (Å²) in [5.41, 5.74) is 0.566. The van der Waals surface area contributed by atoms with Gasteiger partial charge in [0.1, 0.15) is 6.61 Å². The summed E-state index contributed by atoms with van der Waals surface area (Å²) in [4.78, 5) is 10.6. The third kappa shape index (κ3) is 3.08. The van der Waals surface area contributed by atoms with Gasteiger partial charge in [0.25, 0.3) is 10.1 Å². The van der Waals surface area contributed by atoms with Crippen molar-refractivity contribution in [3.05, 3.63) is 18.0 Å². The van der Waals surface area contributed by atoms with Crippen LogP contribution >= 0.6 is 0 Å². The lowest BCUT2D eigenvalue weighted by Crippen LogP contribution is -2.55. The van der Waals surface area contributed by atoms with Crippen molar-refractivity contribution in [2.45, 2.75) is 6.61 Å². The van der Waals surface area contributed by atoms with E-state index in [-0.39, 0.29) is 6.61 Å². The van der Waals surface area contributed by atoms with Crippen molar-refractivity contribution in [2.24, 2.45) is 11.8 Å². The molecular formula is C12H17N3O4S. The first-order valence-electron chi connectivity index (χ1n) is 6.50. The average molecular weight is 299 g/mol. The smallest absolute Gasteiger partial charge is 0.264 e. The number of aromatic nitrogens is 2. The van der Waals surface area contributed by atoms with Gasteiger partial charge >= 0.3 is 0 Å². The number of hydrogen-bond donors (Lipinski definition) is 0. The van der Waals surface area contributed by atoms with E-state index in [9.17, 15) is 8.42 Å². The number of anilines is 1. The van der Waals surface area contributed by atoms with E-state index in [1.54, 1.807) is 12.3 Å². The quantitative estimate of drug-likeness (QED) is 0.710. The molecular weight excluding hydrogens is 282 g/mol. The maximum atomic E-state index is 11.0. The second kappa shape index (κ2) is 5.27. The van der Waals surface area contributed by atoms with Crippen LogP contribution in [-0.4, -0.2) is 50.9 Å². The Kier molecular flexibility index (Phi) is 3.61. The third-order valence-corrected chi connectivity index (χ3v) is 4.19. The highest BCUT2D eigenvalue weighted by molar-refractivity contribution is 7.85. The summed E-state index contributed by atoms with van der Waals surface area (Å²) in [6, 6.07) is 1.66. The Balaban J connectivity index is 1.58. The molecule has 2 saturated heterocycles. The van der Waals surface area contributed by atoms with Gasteiger partial charge in [-0.2, -0.15) is 8.42 Å². The first kappa shape index (κ1) is 13.7. The van der Waals surface area contributed by atoms with E-state index < -0.39 is 10.1 Å². The molecule has 1 aromatic heterocycles. The number of hydrogen-bond acceptors (Lipinski definition) is 7. The predicted molar refractivity (Wildman–Crippen MR) is 71.7 cm³/mol. The minimum Gasteiger partial charge on any atom is -0.381 e. The van der Waals surface area contributed by atoms with Crippen molar-refractivity contribution in [3.8, 4) is 0 Å². The molecule has 0 N–H and O–H groups in total. The summed E-state index contributed by atoms with van der Waals surface area (Å²) < 4.78 is 31.8. The standard InChI is InChI=1S/C12H17N3O4S/c1-20(16,17)19-8-11-2-3-13-12(14-11)15-4-9(5-15)10-6-18-7-10/h2-3,9-10H,4-8H2,1H3. The number of rotatable bonds is 5. The zero-order valence-electron chi connectivity index (χ0n) is 11.2. The molecule has 0 radical (unpaired) electrons. The van der Waals surface area contributed by atoms with Crippen LogP contribution in [0.3, 0.4) is 0 Å². The van der Waals surface area contributed by atoms with Gasteiger partial charge < -0.3 is 9.64 Å². The predicted octanol–water partition coefficient (Wildman–Crippen LogP) is 0.0354. The zero-order chi connectivity index (χ0) is 14.2. The Labute approximate surface area is 118 Å². The Morgan fingerprint density at radius 2 is 2.15 bits per heavy atom. The van der Waals surface area contributed by atoms with Gasteiger partial charge in [0.15, 0.2) is 0 Å². The number of nitrogens with zero attached hydrogens (tertiary/aromatic N) is 3. The second-order valence-corrected chi connectivity index (χ2v) is 6.92. The van der Waals surface area contributed by atoms with Crippen molar-refractivity contribution in [1.82, 2.24) is 9.97 Å². The lowest BCUT2D eigenvalue weighted by Gasteiger charge is -2.46. The van der Waals surface area contributed by atoms with Crippen molar-refractivity contribution < 1.29 is 17.3 Å². The molecule has 0 spiro atoms. The van der Waals surface area contributed by atoms with Crippen molar-refractivity contribution in [2.75, 3.05) is 37.5 Å². The van der Waals surface area contributed by atoms with Crippen molar-refractivity contribution >= 4 is 16.1 Å². The van der Waals surface area contributed by atoms with Gasteiger partial charge in [-0.15, -0.1) is 0 Å². The molecule has 0 aromatic carbocycles. The third-order valence-electron chi connectivity index (χ3n) is 3.64. The molecule has 3 rings (SSSR count). The highest BCUT2D eigenvalue weighted by atomic mass is 32.2. The topological polar surface area (TPSA) is 81.6 Å². The van der Waals surface area contributed by atoms with Crippen LogP contribution in [0.5, 0.6) is 0 Å². The molecule has 20 heavy (non-hydrogen) atoms. The fourth-order valence-corrected chi connectivity index (χ4v) is 2.62. The van der Waals surface area contributed by atoms with E-state index in [2.05, 4.69) is 14.9 Å². The SMILES string of the molecule is CS(=O)(=O)OCc1ccnc(N2CC(C3COC3)C2)n1. The van der Waals surface area contributed by atoms with Gasteiger partial charge in [0, 0.05) is 31.1 Å². The summed E-state index contributed by atoms with van der Waals surface area (Å²) in [6.07, 6.45) is 2.65. The van der Waals surface area contributed by atoms with Crippen LogP contribution in [0.2, 0.25) is 0 Å². The number of ether oxygens (including phenoxy) is 1. The lowest BCUT2D eigenvalue weighted by atomic mass is 9.85. The van der Waals surface area contributed by atoms with Gasteiger partial charge in [0.2, 0.25) is 5.95 Å². The van der Waals surface area contributed by atoms with Gasteiger partial charge in [-0.25, -0.2) is 9.97 Å². The molecule has 0 saturated carbocycles. The summed E-state index contributed by atoms with van der Waals surface area (Å²) in [5.74, 6) is 1.96. The van der Waals surface area contributed by atoms with Crippen LogP contribution in [0.15, 0.2) is 12.3 Å². The van der Waals surface area contributed by atoms with E-state index in [4.69, 9.17) is 8.92 Å². The Bertz CT molecular complexity index is 582. The molecule has 0 bridgehead atoms. The Hall–Kier alpha value is -1.25. The molecule has 3 heterocycles. The minimum atomic E-state index is -3.45. The Morgan fingerprint density at radius 1 is 1.40 bits per heavy atom. The molecule has 2 aliphatic heterocycles. The fraction of sp³-hybridized carbons (Fsp3) is 0.667. The van der Waals surface area contributed by atoms with Crippen LogP contribution in [0.25, 0.3) is 0 Å². The Morgan fingerprint density at radius 3 is 2.75 bits per heavy atom. The van der Waals surface area contributed by atoms with Gasteiger partial charge in [-0.1, -0.05) is 0 Å². The normalized spacial score (nSPS) is 20.6. The molecule has 8 heteroatoms. The van der Waals surface area contributed by atoms with E-state index in [0.29, 0.717) is 23.5 Å². The molecule has 0 atom stereocenters. The molecule has 0 amide bonds. The van der Waals surface area contributed by atoms with Gasteiger partial charge in [-0.05, 0) is 6.07 Å². The molecule has 110 valence electrons. The zero-order valence-corrected chi connectivity index (χ0v) is 12.0. The molecule has 0 unspecified atom stereocenters. The maximum Gasteiger partial charge on any atom is 0.264 e. The summed E-state index contributed by atoms with van der Waals surface area (Å²) >= 11 is 0. The fourth-order valence-electron chi connectivity index (χ4n) is 2.28. The van der Waals surface area contributed by atoms with E-state index in [1.165, 1.54) is 0 Å². The maximum absolute atomic E-state index is 11.0. The average Bonchev–Trinajstić information content (AvgIpc) is 2.27. The highest BCUT2D eigenvalue weighted by Gasteiger charge is 2.38. The molecule has 2 fully saturated rings. The van der Waals surface area contributed by atoms with Gasteiger partial charge in [-0.3, -0.25) is 4.18 Å². The van der Waals surface area contributed by atoms with Crippen LogP contribution in [0, 0.1) is 11.8 Å². The van der Waals surface area contributed by atoms with Crippen LogP contribution < -0.4 is 4.90 Å². The highest BCUT2D eigenvalue weighted by Crippen LogP contribution is 2.31. The molecule has 0 aliphatic carbocycles. The lowest BCUT2D eigenvalue weighted by molar-refractivity contribution is -0.0661.